The molecule has 5 heteroatoms. The van der Waals surface area contributed by atoms with Gasteiger partial charge in [-0.1, -0.05) is 18.2 Å². The van der Waals surface area contributed by atoms with Crippen LogP contribution in [0.25, 0.3) is 10.9 Å². The minimum atomic E-state index is -0.893. The summed E-state index contributed by atoms with van der Waals surface area (Å²) in [4.78, 5) is 14.6. The Balaban J connectivity index is 2.23. The molecule has 0 bridgehead atoms. The summed E-state index contributed by atoms with van der Waals surface area (Å²) < 4.78 is 0. The fourth-order valence-electron chi connectivity index (χ4n) is 2.87. The lowest BCUT2D eigenvalue weighted by atomic mass is 9.85. The van der Waals surface area contributed by atoms with Crippen molar-refractivity contribution in [1.29, 1.82) is 0 Å². The lowest BCUT2D eigenvalue weighted by Crippen LogP contribution is -2.56. The molecule has 3 rings (SSSR count). The van der Waals surface area contributed by atoms with Crippen LogP contribution in [0, 0.1) is 0 Å². The van der Waals surface area contributed by atoms with Crippen LogP contribution in [0.2, 0.25) is 0 Å². The number of aromatic amines is 1. The van der Waals surface area contributed by atoms with Crippen molar-refractivity contribution in [2.24, 2.45) is 0 Å². The van der Waals surface area contributed by atoms with Gasteiger partial charge in [-0.2, -0.15) is 0 Å². The number of aromatic nitrogens is 1. The van der Waals surface area contributed by atoms with Crippen LogP contribution in [0.3, 0.4) is 0 Å². The van der Waals surface area contributed by atoms with Gasteiger partial charge in [-0.15, -0.1) is 0 Å². The van der Waals surface area contributed by atoms with Crippen LogP contribution in [-0.2, 0) is 16.8 Å². The maximum absolute atomic E-state index is 11.3. The first-order valence-corrected chi connectivity index (χ1v) is 6.26. The third kappa shape index (κ3) is 1.74. The van der Waals surface area contributed by atoms with E-state index in [1.165, 1.54) is 0 Å². The molecule has 1 aromatic carbocycles. The SMILES string of the molecule is CC1(CO)NC(C(=O)O)Cc2c1[nH]c1ccccc21. The standard InChI is InChI=1S/C14H16N2O3/c1-14(7-17)12-9(6-11(16-14)13(18)19)8-4-2-3-5-10(8)15-12/h2-5,11,15-17H,6-7H2,1H3,(H,18,19). The van der Waals surface area contributed by atoms with Crippen LogP contribution in [0.4, 0.5) is 0 Å². The summed E-state index contributed by atoms with van der Waals surface area (Å²) in [6.07, 6.45) is 0.421. The van der Waals surface area contributed by atoms with E-state index in [4.69, 9.17) is 0 Å². The van der Waals surface area contributed by atoms with Gasteiger partial charge in [0.15, 0.2) is 0 Å². The quantitative estimate of drug-likeness (QED) is 0.648. The van der Waals surface area contributed by atoms with E-state index >= 15 is 0 Å². The molecule has 5 nitrogen and oxygen atoms in total. The maximum Gasteiger partial charge on any atom is 0.321 e. The third-order valence-electron chi connectivity index (χ3n) is 3.88. The molecule has 1 aliphatic heterocycles. The molecular formula is C14H16N2O3. The molecule has 2 atom stereocenters. The van der Waals surface area contributed by atoms with E-state index in [2.05, 4.69) is 10.3 Å². The normalized spacial score (nSPS) is 26.3. The summed E-state index contributed by atoms with van der Waals surface area (Å²) in [6.45, 7) is 1.66. The Labute approximate surface area is 110 Å². The molecular weight excluding hydrogens is 244 g/mol. The highest BCUT2D eigenvalue weighted by atomic mass is 16.4. The Hall–Kier alpha value is -1.85. The van der Waals surface area contributed by atoms with Crippen LogP contribution in [0.5, 0.6) is 0 Å². The number of H-pyrrole nitrogens is 1. The summed E-state index contributed by atoms with van der Waals surface area (Å²) in [7, 11) is 0. The lowest BCUT2D eigenvalue weighted by Gasteiger charge is -2.36. The van der Waals surface area contributed by atoms with Crippen LogP contribution in [0.15, 0.2) is 24.3 Å². The predicted octanol–water partition coefficient (Wildman–Crippen LogP) is 0.974. The first-order valence-electron chi connectivity index (χ1n) is 6.26. The van der Waals surface area contributed by atoms with Crippen molar-refractivity contribution in [3.05, 3.63) is 35.5 Å². The Kier molecular flexibility index (Phi) is 2.62. The summed E-state index contributed by atoms with van der Waals surface area (Å²) in [6, 6.07) is 7.13. The highest BCUT2D eigenvalue weighted by molar-refractivity contribution is 5.87. The molecule has 0 aliphatic carbocycles. The second-order valence-corrected chi connectivity index (χ2v) is 5.25. The van der Waals surface area contributed by atoms with E-state index in [1.807, 2.05) is 31.2 Å². The predicted molar refractivity (Wildman–Crippen MR) is 71.0 cm³/mol. The number of hydrogen-bond acceptors (Lipinski definition) is 3. The molecule has 0 fully saturated rings. The molecule has 2 aromatic rings. The minimum Gasteiger partial charge on any atom is -0.480 e. The smallest absolute Gasteiger partial charge is 0.321 e. The summed E-state index contributed by atoms with van der Waals surface area (Å²) >= 11 is 0. The topological polar surface area (TPSA) is 85.3 Å². The molecule has 19 heavy (non-hydrogen) atoms. The van der Waals surface area contributed by atoms with Crippen LogP contribution in [-0.4, -0.2) is 33.8 Å². The van der Waals surface area contributed by atoms with Crippen molar-refractivity contribution in [2.75, 3.05) is 6.61 Å². The summed E-state index contributed by atoms with van der Waals surface area (Å²) in [5.74, 6) is -0.893. The first kappa shape index (κ1) is 12.2. The molecule has 100 valence electrons. The third-order valence-corrected chi connectivity index (χ3v) is 3.88. The number of rotatable bonds is 2. The molecule has 0 saturated heterocycles. The maximum atomic E-state index is 11.3. The number of hydrogen-bond donors (Lipinski definition) is 4. The van der Waals surface area contributed by atoms with Gasteiger partial charge in [0.2, 0.25) is 0 Å². The van der Waals surface area contributed by atoms with Crippen LogP contribution < -0.4 is 5.32 Å². The summed E-state index contributed by atoms with van der Waals surface area (Å²) in [5.41, 5.74) is 2.09. The number of aliphatic hydroxyl groups excluding tert-OH is 1. The van der Waals surface area contributed by atoms with Crippen LogP contribution in [0.1, 0.15) is 18.2 Å². The Morgan fingerprint density at radius 2 is 2.21 bits per heavy atom. The van der Waals surface area contributed by atoms with E-state index in [0.717, 1.165) is 22.2 Å². The van der Waals surface area contributed by atoms with Crippen molar-refractivity contribution < 1.29 is 15.0 Å². The molecule has 1 aromatic heterocycles. The average Bonchev–Trinajstić information content (AvgIpc) is 2.78. The highest BCUT2D eigenvalue weighted by Crippen LogP contribution is 2.34. The number of carboxylic acid groups (broad SMARTS) is 1. The van der Waals surface area contributed by atoms with Gasteiger partial charge in [0.1, 0.15) is 6.04 Å². The van der Waals surface area contributed by atoms with Crippen molar-refractivity contribution in [2.45, 2.75) is 24.9 Å². The second-order valence-electron chi connectivity index (χ2n) is 5.25. The largest absolute Gasteiger partial charge is 0.480 e. The minimum absolute atomic E-state index is 0.156. The van der Waals surface area contributed by atoms with Gasteiger partial charge in [0.25, 0.3) is 0 Å². The number of carboxylic acids is 1. The fourth-order valence-corrected chi connectivity index (χ4v) is 2.87. The average molecular weight is 260 g/mol. The zero-order chi connectivity index (χ0) is 13.6. The number of para-hydroxylation sites is 1. The van der Waals surface area contributed by atoms with Gasteiger partial charge in [-0.05, 0) is 18.6 Å². The second kappa shape index (κ2) is 4.08. The zero-order valence-corrected chi connectivity index (χ0v) is 10.6. The number of aliphatic carboxylic acids is 1. The summed E-state index contributed by atoms with van der Waals surface area (Å²) in [5, 5.41) is 22.9. The van der Waals surface area contributed by atoms with Crippen molar-refractivity contribution in [3.8, 4) is 0 Å². The van der Waals surface area contributed by atoms with Crippen molar-refractivity contribution in [1.82, 2.24) is 10.3 Å². The van der Waals surface area contributed by atoms with E-state index in [-0.39, 0.29) is 6.61 Å². The Morgan fingerprint density at radius 3 is 2.89 bits per heavy atom. The highest BCUT2D eigenvalue weighted by Gasteiger charge is 2.40. The van der Waals surface area contributed by atoms with Crippen molar-refractivity contribution in [3.63, 3.8) is 0 Å². The fraction of sp³-hybridized carbons (Fsp3) is 0.357. The van der Waals surface area contributed by atoms with Gasteiger partial charge in [0.05, 0.1) is 12.1 Å². The Bertz CT molecular complexity index is 649. The zero-order valence-electron chi connectivity index (χ0n) is 10.6. The molecule has 0 amide bonds. The lowest BCUT2D eigenvalue weighted by molar-refractivity contribution is -0.140. The Morgan fingerprint density at radius 1 is 1.47 bits per heavy atom. The molecule has 2 heterocycles. The van der Waals surface area contributed by atoms with E-state index in [9.17, 15) is 15.0 Å². The number of aliphatic hydroxyl groups is 1. The van der Waals surface area contributed by atoms with Gasteiger partial charge in [0, 0.05) is 23.0 Å². The monoisotopic (exact) mass is 260 g/mol. The first-order chi connectivity index (χ1) is 9.05. The molecule has 1 aliphatic rings. The molecule has 0 spiro atoms. The van der Waals surface area contributed by atoms with Gasteiger partial charge >= 0.3 is 5.97 Å². The van der Waals surface area contributed by atoms with Gasteiger partial charge in [-0.25, -0.2) is 0 Å². The van der Waals surface area contributed by atoms with Crippen molar-refractivity contribution >= 4 is 16.9 Å². The molecule has 0 saturated carbocycles. The number of carbonyl (C=O) groups is 1. The number of fused-ring (bicyclic) bond motifs is 3. The van der Waals surface area contributed by atoms with E-state index < -0.39 is 17.6 Å². The van der Waals surface area contributed by atoms with Gasteiger partial charge < -0.3 is 15.2 Å². The van der Waals surface area contributed by atoms with Gasteiger partial charge in [-0.3, -0.25) is 10.1 Å². The molecule has 2 unspecified atom stereocenters. The number of benzene rings is 1. The van der Waals surface area contributed by atoms with Crippen LogP contribution >= 0.6 is 0 Å². The number of nitrogens with one attached hydrogen (secondary N) is 2. The molecule has 4 N–H and O–H groups in total. The van der Waals surface area contributed by atoms with E-state index in [1.54, 1.807) is 0 Å². The molecule has 0 radical (unpaired) electrons. The van der Waals surface area contributed by atoms with E-state index in [0.29, 0.717) is 6.42 Å².